The van der Waals surface area contributed by atoms with Gasteiger partial charge in [0.05, 0.1) is 47.5 Å². The van der Waals surface area contributed by atoms with Crippen molar-refractivity contribution in [2.45, 2.75) is 6.92 Å². The largest absolute Gasteiger partial charge is 0.497 e. The highest BCUT2D eigenvalue weighted by Gasteiger charge is 2.26. The van der Waals surface area contributed by atoms with Gasteiger partial charge in [-0.05, 0) is 25.1 Å². The molecule has 8 nitrogen and oxygen atoms in total. The SMILES string of the molecule is COc1cc(N2CCN(C)c3cc(-c4cn[nH]c4)c(C#N)cc32)c2cc(C)c(=O)n(C)c2c1. The van der Waals surface area contributed by atoms with Gasteiger partial charge in [-0.2, -0.15) is 10.4 Å². The highest BCUT2D eigenvalue weighted by atomic mass is 16.5. The number of ether oxygens (including phenoxy) is 1. The van der Waals surface area contributed by atoms with E-state index in [2.05, 4.69) is 33.1 Å². The van der Waals surface area contributed by atoms with Gasteiger partial charge in [0.25, 0.3) is 5.56 Å². The second-order valence-electron chi connectivity index (χ2n) is 8.33. The molecule has 0 fully saturated rings. The van der Waals surface area contributed by atoms with Crippen LogP contribution in [0.4, 0.5) is 17.1 Å². The van der Waals surface area contributed by atoms with Crippen LogP contribution in [-0.4, -0.2) is 42.0 Å². The Hall–Kier alpha value is -4.25. The van der Waals surface area contributed by atoms with Gasteiger partial charge in [-0.3, -0.25) is 9.89 Å². The Morgan fingerprint density at radius 2 is 1.91 bits per heavy atom. The molecule has 0 unspecified atom stereocenters. The summed E-state index contributed by atoms with van der Waals surface area (Å²) in [4.78, 5) is 17.0. The monoisotopic (exact) mass is 440 g/mol. The number of anilines is 3. The number of aryl methyl sites for hydroxylation is 2. The van der Waals surface area contributed by atoms with Gasteiger partial charge in [-0.1, -0.05) is 0 Å². The Labute approximate surface area is 191 Å². The molecule has 2 aromatic heterocycles. The number of aromatic amines is 1. The van der Waals surface area contributed by atoms with Crippen LogP contribution >= 0.6 is 0 Å². The van der Waals surface area contributed by atoms with Gasteiger partial charge in [0.15, 0.2) is 0 Å². The Kier molecular flexibility index (Phi) is 4.82. The number of H-pyrrole nitrogens is 1. The van der Waals surface area contributed by atoms with Crippen LogP contribution in [0.15, 0.2) is 47.5 Å². The van der Waals surface area contributed by atoms with Crippen molar-refractivity contribution in [3.8, 4) is 22.9 Å². The molecule has 2 aromatic carbocycles. The number of nitrogens with zero attached hydrogens (tertiary/aromatic N) is 5. The lowest BCUT2D eigenvalue weighted by Gasteiger charge is -2.38. The number of methoxy groups -OCH3 is 1. The molecule has 0 bridgehead atoms. The molecule has 1 N–H and O–H groups in total. The van der Waals surface area contributed by atoms with Gasteiger partial charge < -0.3 is 19.1 Å². The van der Waals surface area contributed by atoms with Crippen molar-refractivity contribution < 1.29 is 4.74 Å². The molecule has 33 heavy (non-hydrogen) atoms. The molecule has 1 aliphatic rings. The highest BCUT2D eigenvalue weighted by molar-refractivity contribution is 5.98. The zero-order valence-corrected chi connectivity index (χ0v) is 19.0. The molecule has 0 aliphatic carbocycles. The van der Waals surface area contributed by atoms with E-state index in [0.29, 0.717) is 16.9 Å². The van der Waals surface area contributed by atoms with Gasteiger partial charge in [0.1, 0.15) is 5.75 Å². The van der Waals surface area contributed by atoms with E-state index < -0.39 is 0 Å². The van der Waals surface area contributed by atoms with Gasteiger partial charge in [0, 0.05) is 67.6 Å². The molecule has 3 heterocycles. The van der Waals surface area contributed by atoms with Gasteiger partial charge in [0.2, 0.25) is 0 Å². The van der Waals surface area contributed by atoms with Crippen molar-refractivity contribution >= 4 is 28.0 Å². The molecular formula is C25H24N6O2. The first-order valence-corrected chi connectivity index (χ1v) is 10.7. The standard InChI is InChI=1S/C25H24N6O2/c1-15-7-20-21(30(3)25(15)32)9-18(33-4)10-22(20)31-6-5-29(2)23-11-19(17-13-27-28-14-17)16(12-26)8-24(23)31/h7-11,13-14H,5-6H2,1-4H3,(H,27,28). The fourth-order valence-electron chi connectivity index (χ4n) is 4.59. The summed E-state index contributed by atoms with van der Waals surface area (Å²) in [5.74, 6) is 0.673. The van der Waals surface area contributed by atoms with Crippen LogP contribution in [0.2, 0.25) is 0 Å². The Balaban J connectivity index is 1.79. The third kappa shape index (κ3) is 3.21. The Bertz CT molecular complexity index is 1480. The number of hydrogen-bond acceptors (Lipinski definition) is 6. The van der Waals surface area contributed by atoms with Crippen LogP contribution in [0.5, 0.6) is 5.75 Å². The smallest absolute Gasteiger partial charge is 0.253 e. The van der Waals surface area contributed by atoms with E-state index in [4.69, 9.17) is 4.74 Å². The summed E-state index contributed by atoms with van der Waals surface area (Å²) in [5.41, 5.74) is 6.64. The second kappa shape index (κ2) is 7.71. The summed E-state index contributed by atoms with van der Waals surface area (Å²) in [6.07, 6.45) is 3.52. The van der Waals surface area contributed by atoms with Crippen molar-refractivity contribution in [3.05, 3.63) is 64.2 Å². The average Bonchev–Trinajstić information content (AvgIpc) is 3.37. The van der Waals surface area contributed by atoms with E-state index in [1.165, 1.54) is 0 Å². The van der Waals surface area contributed by atoms with E-state index in [-0.39, 0.29) is 5.56 Å². The lowest BCUT2D eigenvalue weighted by Crippen LogP contribution is -2.36. The normalized spacial score (nSPS) is 13.2. The quantitative estimate of drug-likeness (QED) is 0.522. The number of likely N-dealkylation sites (N-methyl/N-ethyl adjacent to an activating group) is 1. The summed E-state index contributed by atoms with van der Waals surface area (Å²) in [6, 6.07) is 12.2. The maximum Gasteiger partial charge on any atom is 0.253 e. The minimum absolute atomic E-state index is 0.0306. The van der Waals surface area contributed by atoms with Crippen LogP contribution in [0.25, 0.3) is 22.0 Å². The van der Waals surface area contributed by atoms with Gasteiger partial charge >= 0.3 is 0 Å². The maximum absolute atomic E-state index is 12.6. The Morgan fingerprint density at radius 3 is 2.61 bits per heavy atom. The molecule has 4 aromatic rings. The van der Waals surface area contributed by atoms with E-state index in [0.717, 1.165) is 52.2 Å². The maximum atomic E-state index is 12.6. The number of fused-ring (bicyclic) bond motifs is 2. The van der Waals surface area contributed by atoms with Crippen molar-refractivity contribution in [3.63, 3.8) is 0 Å². The number of nitriles is 1. The summed E-state index contributed by atoms with van der Waals surface area (Å²) in [7, 11) is 5.46. The second-order valence-corrected chi connectivity index (χ2v) is 8.33. The lowest BCUT2D eigenvalue weighted by atomic mass is 9.98. The summed E-state index contributed by atoms with van der Waals surface area (Å²) in [6.45, 7) is 3.36. The topological polar surface area (TPSA) is 90.2 Å². The lowest BCUT2D eigenvalue weighted by molar-refractivity contribution is 0.415. The fourth-order valence-corrected chi connectivity index (χ4v) is 4.59. The number of rotatable bonds is 3. The molecule has 0 saturated heterocycles. The third-order valence-electron chi connectivity index (χ3n) is 6.41. The van der Waals surface area contributed by atoms with E-state index >= 15 is 0 Å². The molecule has 0 amide bonds. The molecule has 8 heteroatoms. The van der Waals surface area contributed by atoms with Crippen molar-refractivity contribution in [2.75, 3.05) is 37.0 Å². The van der Waals surface area contributed by atoms with Crippen LogP contribution in [0, 0.1) is 18.3 Å². The molecule has 1 aliphatic heterocycles. The zero-order valence-electron chi connectivity index (χ0n) is 19.0. The van der Waals surface area contributed by atoms with Crippen molar-refractivity contribution in [1.29, 1.82) is 5.26 Å². The van der Waals surface area contributed by atoms with Crippen LogP contribution in [-0.2, 0) is 7.05 Å². The van der Waals surface area contributed by atoms with Crippen LogP contribution in [0.1, 0.15) is 11.1 Å². The van der Waals surface area contributed by atoms with E-state index in [1.807, 2.05) is 37.3 Å². The predicted molar refractivity (Wildman–Crippen MR) is 129 cm³/mol. The molecule has 0 atom stereocenters. The molecular weight excluding hydrogens is 416 g/mol. The highest BCUT2D eigenvalue weighted by Crippen LogP contribution is 2.44. The fraction of sp³-hybridized carbons (Fsp3) is 0.240. The first kappa shape index (κ1) is 20.6. The van der Waals surface area contributed by atoms with Crippen molar-refractivity contribution in [1.82, 2.24) is 14.8 Å². The molecule has 0 spiro atoms. The number of nitrogens with one attached hydrogen (secondary N) is 1. The van der Waals surface area contributed by atoms with E-state index in [9.17, 15) is 10.1 Å². The first-order valence-electron chi connectivity index (χ1n) is 10.7. The minimum atomic E-state index is -0.0306. The molecule has 0 radical (unpaired) electrons. The first-order chi connectivity index (χ1) is 15.9. The third-order valence-corrected chi connectivity index (χ3v) is 6.41. The number of benzene rings is 2. The Morgan fingerprint density at radius 1 is 1.09 bits per heavy atom. The minimum Gasteiger partial charge on any atom is -0.497 e. The summed E-state index contributed by atoms with van der Waals surface area (Å²) >= 11 is 0. The van der Waals surface area contributed by atoms with Crippen molar-refractivity contribution in [2.24, 2.45) is 7.05 Å². The van der Waals surface area contributed by atoms with Gasteiger partial charge in [-0.15, -0.1) is 0 Å². The predicted octanol–water partition coefficient (Wildman–Crippen LogP) is 3.71. The number of pyridine rings is 1. The average molecular weight is 441 g/mol. The summed E-state index contributed by atoms with van der Waals surface area (Å²) in [5, 5.41) is 17.8. The van der Waals surface area contributed by atoms with Crippen LogP contribution < -0.4 is 20.1 Å². The van der Waals surface area contributed by atoms with Crippen LogP contribution in [0.3, 0.4) is 0 Å². The van der Waals surface area contributed by atoms with E-state index in [1.54, 1.807) is 31.1 Å². The number of aromatic nitrogens is 3. The molecule has 5 rings (SSSR count). The zero-order chi connectivity index (χ0) is 23.3. The summed E-state index contributed by atoms with van der Waals surface area (Å²) < 4.78 is 7.25. The number of hydrogen-bond donors (Lipinski definition) is 1. The molecule has 0 saturated carbocycles. The van der Waals surface area contributed by atoms with Gasteiger partial charge in [-0.25, -0.2) is 0 Å². The molecule has 166 valence electrons.